The lowest BCUT2D eigenvalue weighted by Crippen LogP contribution is -1.91. The third-order valence-corrected chi connectivity index (χ3v) is 6.38. The molecule has 21 heavy (non-hydrogen) atoms. The van der Waals surface area contributed by atoms with Crippen LogP contribution < -0.4 is 0 Å². The van der Waals surface area contributed by atoms with Gasteiger partial charge in [0.1, 0.15) is 0 Å². The van der Waals surface area contributed by atoms with E-state index in [1.54, 1.807) is 0 Å². The first-order valence-corrected chi connectivity index (χ1v) is 9.57. The first kappa shape index (κ1) is 13.3. The molecule has 4 rings (SSSR count). The van der Waals surface area contributed by atoms with Crippen molar-refractivity contribution in [3.63, 3.8) is 0 Å². The molecule has 0 radical (unpaired) electrons. The van der Waals surface area contributed by atoms with Gasteiger partial charge in [0.05, 0.1) is 20.4 Å². The summed E-state index contributed by atoms with van der Waals surface area (Å²) in [5.41, 5.74) is 3.76. The van der Waals surface area contributed by atoms with E-state index < -0.39 is 0 Å². The first-order chi connectivity index (χ1) is 10.4. The predicted molar refractivity (Wildman–Crippen MR) is 95.9 cm³/mol. The molecule has 0 aliphatic carbocycles. The number of benzene rings is 1. The summed E-state index contributed by atoms with van der Waals surface area (Å²) in [4.78, 5) is 6.08. The van der Waals surface area contributed by atoms with Gasteiger partial charge >= 0.3 is 0 Å². The number of pyridine rings is 1. The predicted octanol–water partition coefficient (Wildman–Crippen LogP) is 5.85. The molecular formula is C17H13NS3. The molecule has 0 aliphatic heterocycles. The maximum Gasteiger partial charge on any atom is 0.0820 e. The first-order valence-electron chi connectivity index (χ1n) is 6.83. The number of aryl methyl sites for hydroxylation is 1. The molecule has 0 aliphatic rings. The van der Waals surface area contributed by atoms with E-state index in [1.165, 1.54) is 19.9 Å². The van der Waals surface area contributed by atoms with Crippen molar-refractivity contribution in [2.24, 2.45) is 0 Å². The second kappa shape index (κ2) is 5.79. The van der Waals surface area contributed by atoms with Crippen LogP contribution in [0, 0.1) is 0 Å². The zero-order valence-electron chi connectivity index (χ0n) is 11.3. The number of fused-ring (bicyclic) bond motifs is 2. The molecule has 0 saturated carbocycles. The normalized spacial score (nSPS) is 11.4. The summed E-state index contributed by atoms with van der Waals surface area (Å²) in [5, 5.41) is 4.30. The molecule has 0 amide bonds. The summed E-state index contributed by atoms with van der Waals surface area (Å²) in [7, 11) is 0. The quantitative estimate of drug-likeness (QED) is 0.436. The van der Waals surface area contributed by atoms with Gasteiger partial charge in [-0.1, -0.05) is 18.2 Å². The Morgan fingerprint density at radius 3 is 2.19 bits per heavy atom. The fourth-order valence-electron chi connectivity index (χ4n) is 2.48. The Bertz CT molecular complexity index is 828. The van der Waals surface area contributed by atoms with E-state index in [9.17, 15) is 0 Å². The molecule has 0 fully saturated rings. The Morgan fingerprint density at radius 1 is 0.857 bits per heavy atom. The van der Waals surface area contributed by atoms with E-state index in [0.717, 1.165) is 23.2 Å². The molecule has 104 valence electrons. The van der Waals surface area contributed by atoms with Crippen LogP contribution >= 0.6 is 34.4 Å². The zero-order chi connectivity index (χ0) is 14.1. The zero-order valence-corrected chi connectivity index (χ0v) is 13.7. The molecule has 0 atom stereocenters. The van der Waals surface area contributed by atoms with Crippen LogP contribution in [0.2, 0.25) is 0 Å². The van der Waals surface area contributed by atoms with Crippen molar-refractivity contribution in [1.29, 1.82) is 0 Å². The van der Waals surface area contributed by atoms with Crippen LogP contribution in [-0.4, -0.2) is 10.7 Å². The van der Waals surface area contributed by atoms with E-state index >= 15 is 0 Å². The minimum absolute atomic E-state index is 1.09. The molecule has 4 heteroatoms. The Hall–Kier alpha value is -1.36. The van der Waals surface area contributed by atoms with Gasteiger partial charge in [-0.25, -0.2) is 4.98 Å². The fourth-order valence-corrected chi connectivity index (χ4v) is 5.26. The molecule has 0 unspecified atom stereocenters. The molecule has 3 aromatic heterocycles. The highest BCUT2D eigenvalue weighted by Gasteiger charge is 2.11. The van der Waals surface area contributed by atoms with Crippen LogP contribution in [0.5, 0.6) is 0 Å². The van der Waals surface area contributed by atoms with E-state index in [1.807, 2.05) is 34.4 Å². The van der Waals surface area contributed by atoms with Gasteiger partial charge in [0.2, 0.25) is 0 Å². The van der Waals surface area contributed by atoms with Gasteiger partial charge < -0.3 is 0 Å². The smallest absolute Gasteiger partial charge is 0.0820 e. The topological polar surface area (TPSA) is 12.9 Å². The molecule has 0 N–H and O–H groups in total. The largest absolute Gasteiger partial charge is 0.246 e. The van der Waals surface area contributed by atoms with Crippen LogP contribution in [0.15, 0.2) is 58.1 Å². The molecule has 3 heterocycles. The molecule has 0 spiro atoms. The Labute approximate surface area is 135 Å². The summed E-state index contributed by atoms with van der Waals surface area (Å²) < 4.78 is 2.72. The number of aromatic nitrogens is 1. The summed E-state index contributed by atoms with van der Waals surface area (Å²) >= 11 is 5.55. The van der Waals surface area contributed by atoms with Crippen LogP contribution in [0.25, 0.3) is 20.4 Å². The monoisotopic (exact) mass is 327 g/mol. The molecule has 0 saturated heterocycles. The van der Waals surface area contributed by atoms with E-state index in [4.69, 9.17) is 4.98 Å². The van der Waals surface area contributed by atoms with Gasteiger partial charge in [0.25, 0.3) is 0 Å². The Kier molecular flexibility index (Phi) is 3.67. The average molecular weight is 327 g/mol. The highest BCUT2D eigenvalue weighted by Crippen LogP contribution is 2.34. The van der Waals surface area contributed by atoms with Gasteiger partial charge in [-0.2, -0.15) is 0 Å². The van der Waals surface area contributed by atoms with Crippen molar-refractivity contribution in [2.75, 3.05) is 5.75 Å². The Morgan fingerprint density at radius 2 is 1.52 bits per heavy atom. The van der Waals surface area contributed by atoms with Crippen molar-refractivity contribution in [3.8, 4) is 0 Å². The third-order valence-electron chi connectivity index (χ3n) is 3.44. The fraction of sp³-hybridized carbons (Fsp3) is 0.118. The number of rotatable bonds is 4. The lowest BCUT2D eigenvalue weighted by Gasteiger charge is -2.05. The summed E-state index contributed by atoms with van der Waals surface area (Å²) in [6.07, 6.45) is 1.09. The highest BCUT2D eigenvalue weighted by molar-refractivity contribution is 7.99. The lowest BCUT2D eigenvalue weighted by atomic mass is 10.2. The minimum Gasteiger partial charge on any atom is -0.246 e. The van der Waals surface area contributed by atoms with Gasteiger partial charge in [-0.05, 0) is 47.0 Å². The number of hydrogen-bond acceptors (Lipinski definition) is 4. The molecular weight excluding hydrogens is 314 g/mol. The molecule has 4 aromatic rings. The third kappa shape index (κ3) is 2.59. The summed E-state index contributed by atoms with van der Waals surface area (Å²) in [6.45, 7) is 0. The van der Waals surface area contributed by atoms with Gasteiger partial charge in [-0.3, -0.25) is 0 Å². The maximum absolute atomic E-state index is 4.74. The minimum atomic E-state index is 1.09. The Balaban J connectivity index is 1.64. The molecule has 1 nitrogen and oxygen atoms in total. The lowest BCUT2D eigenvalue weighted by molar-refractivity contribution is 1.20. The number of thioether (sulfide) groups is 1. The highest BCUT2D eigenvalue weighted by atomic mass is 32.2. The average Bonchev–Trinajstić information content (AvgIpc) is 3.16. The number of hydrogen-bond donors (Lipinski definition) is 0. The maximum atomic E-state index is 4.74. The second-order valence-electron chi connectivity index (χ2n) is 4.77. The van der Waals surface area contributed by atoms with E-state index in [2.05, 4.69) is 53.2 Å². The van der Waals surface area contributed by atoms with Crippen molar-refractivity contribution < 1.29 is 0 Å². The van der Waals surface area contributed by atoms with Crippen molar-refractivity contribution >= 4 is 54.9 Å². The van der Waals surface area contributed by atoms with Crippen molar-refractivity contribution in [3.05, 3.63) is 58.8 Å². The van der Waals surface area contributed by atoms with Crippen LogP contribution in [-0.2, 0) is 6.42 Å². The van der Waals surface area contributed by atoms with Gasteiger partial charge in [0, 0.05) is 10.6 Å². The second-order valence-corrected chi connectivity index (χ2v) is 7.77. The van der Waals surface area contributed by atoms with Crippen LogP contribution in [0.3, 0.4) is 0 Å². The molecule has 1 aromatic carbocycles. The van der Waals surface area contributed by atoms with Crippen molar-refractivity contribution in [1.82, 2.24) is 4.98 Å². The van der Waals surface area contributed by atoms with Crippen LogP contribution in [0.1, 0.15) is 5.56 Å². The number of thiophene rings is 2. The van der Waals surface area contributed by atoms with Crippen LogP contribution in [0.4, 0.5) is 0 Å². The summed E-state index contributed by atoms with van der Waals surface area (Å²) in [5.74, 6) is 1.11. The number of nitrogens with zero attached hydrogens (tertiary/aromatic N) is 1. The summed E-state index contributed by atoms with van der Waals surface area (Å²) in [6, 6.07) is 14.9. The van der Waals surface area contributed by atoms with Gasteiger partial charge in [-0.15, -0.1) is 34.4 Å². The SMILES string of the molecule is c1ccc(SCCc2c3sccc3nc3ccsc23)cc1. The van der Waals surface area contributed by atoms with Gasteiger partial charge in [0.15, 0.2) is 0 Å². The van der Waals surface area contributed by atoms with E-state index in [0.29, 0.717) is 0 Å². The van der Waals surface area contributed by atoms with E-state index in [-0.39, 0.29) is 0 Å². The van der Waals surface area contributed by atoms with Crippen molar-refractivity contribution in [2.45, 2.75) is 11.3 Å². The standard InChI is InChI=1S/C17H13NS3/c1-2-4-12(5-3-1)19-9-6-13-16-14(7-10-20-16)18-15-8-11-21-17(13)15/h1-5,7-8,10-11H,6,9H2. The molecule has 0 bridgehead atoms.